The van der Waals surface area contributed by atoms with Gasteiger partial charge in [-0.2, -0.15) is 0 Å². The van der Waals surface area contributed by atoms with Crippen LogP contribution >= 0.6 is 7.82 Å². The van der Waals surface area contributed by atoms with E-state index in [1.165, 1.54) is 34.6 Å². The minimum Gasteiger partial charge on any atom is -0.455 e. The largest absolute Gasteiger partial charge is 0.510 e. The van der Waals surface area contributed by atoms with Crippen LogP contribution in [0.5, 0.6) is 0 Å². The molecule has 45 heavy (non-hydrogen) atoms. The van der Waals surface area contributed by atoms with E-state index in [1.807, 2.05) is 4.98 Å². The van der Waals surface area contributed by atoms with Gasteiger partial charge in [0.25, 0.3) is 5.56 Å². The number of hydrogen-bond acceptors (Lipinski definition) is 17. The number of ether oxygens (including phenoxy) is 6. The van der Waals surface area contributed by atoms with Crippen LogP contribution in [0.3, 0.4) is 0 Å². The monoisotopic (exact) mass is 673 g/mol. The van der Waals surface area contributed by atoms with Gasteiger partial charge < -0.3 is 39.3 Å². The number of H-pyrrole nitrogens is 1. The van der Waals surface area contributed by atoms with Gasteiger partial charge in [0.15, 0.2) is 17.9 Å². The van der Waals surface area contributed by atoms with Crippen molar-refractivity contribution in [1.82, 2.24) is 9.55 Å². The Labute approximate surface area is 255 Å². The van der Waals surface area contributed by atoms with Crippen LogP contribution in [0, 0.1) is 0 Å². The zero-order valence-corrected chi connectivity index (χ0v) is 26.2. The maximum atomic E-state index is 15.0. The van der Waals surface area contributed by atoms with Crippen molar-refractivity contribution in [2.75, 3.05) is 26.9 Å². The molecule has 1 aromatic heterocycles. The molecule has 0 amide bonds. The summed E-state index contributed by atoms with van der Waals surface area (Å²) in [6.45, 7) is 3.28. The Hall–Kier alpha value is -3.39. The molecule has 0 radical (unpaired) electrons. The molecule has 2 heterocycles. The number of nitrogens with one attached hydrogen (secondary N) is 1. The van der Waals surface area contributed by atoms with Gasteiger partial charge in [0.2, 0.25) is 13.6 Å². The Morgan fingerprint density at radius 3 is 2.04 bits per heavy atom. The summed E-state index contributed by atoms with van der Waals surface area (Å²) in [5.41, 5.74) is -1.29. The third-order valence-corrected chi connectivity index (χ3v) is 6.99. The van der Waals surface area contributed by atoms with Gasteiger partial charge in [-0.3, -0.25) is 23.7 Å². The summed E-state index contributed by atoms with van der Waals surface area (Å²) in [5.74, 6) is -1.14. The summed E-state index contributed by atoms with van der Waals surface area (Å²) in [4.78, 5) is 62.0. The molecule has 0 saturated carbocycles. The smallest absolute Gasteiger partial charge is 0.455 e. The highest BCUT2D eigenvalue weighted by molar-refractivity contribution is 7.48. The maximum absolute atomic E-state index is 15.0. The van der Waals surface area contributed by atoms with E-state index in [2.05, 4.69) is 9.47 Å². The van der Waals surface area contributed by atoms with Crippen LogP contribution in [0.25, 0.3) is 0 Å². The lowest BCUT2D eigenvalue weighted by Crippen LogP contribution is -2.56. The second kappa shape index (κ2) is 15.7. The first kappa shape index (κ1) is 37.8. The molecule has 1 saturated heterocycles. The number of aliphatic hydroxyl groups is 1. The lowest BCUT2D eigenvalue weighted by Gasteiger charge is -2.35. The highest BCUT2D eigenvalue weighted by atomic mass is 31.2. The molecule has 2 rings (SSSR count). The molecule has 1 unspecified atom stereocenters. The lowest BCUT2D eigenvalue weighted by atomic mass is 9.88. The molecule has 1 aromatic rings. The van der Waals surface area contributed by atoms with E-state index in [4.69, 9.17) is 38.3 Å². The van der Waals surface area contributed by atoms with Crippen molar-refractivity contribution in [3.63, 3.8) is 0 Å². The molecule has 5 atom stereocenters. The summed E-state index contributed by atoms with van der Waals surface area (Å²) in [5, 5.41) is 11.4. The number of nitrogens with two attached hydrogens (primary N) is 1. The Balaban J connectivity index is 2.42. The lowest BCUT2D eigenvalue weighted by molar-refractivity contribution is -0.176. The Kier molecular flexibility index (Phi) is 13.2. The van der Waals surface area contributed by atoms with Crippen molar-refractivity contribution >= 4 is 26.1 Å². The highest BCUT2D eigenvalue weighted by Crippen LogP contribution is 2.53. The van der Waals surface area contributed by atoms with Crippen molar-refractivity contribution in [3.8, 4) is 0 Å². The van der Waals surface area contributed by atoms with Gasteiger partial charge in [-0.15, -0.1) is 0 Å². The van der Waals surface area contributed by atoms with E-state index >= 15 is 0 Å². The molecule has 21 heteroatoms. The molecule has 1 aliphatic rings. The predicted molar refractivity (Wildman–Crippen MR) is 145 cm³/mol. The molecule has 0 bridgehead atoms. The van der Waals surface area contributed by atoms with Crippen LogP contribution in [-0.2, 0) is 51.4 Å². The van der Waals surface area contributed by atoms with E-state index in [0.717, 1.165) is 19.2 Å². The van der Waals surface area contributed by atoms with Crippen molar-refractivity contribution in [2.24, 2.45) is 5.73 Å². The fraction of sp³-hybridized carbons (Fsp3) is 0.708. The number of halogens is 1. The number of esters is 1. The summed E-state index contributed by atoms with van der Waals surface area (Å²) in [7, 11) is -5.01. The summed E-state index contributed by atoms with van der Waals surface area (Å²) in [6.07, 6.45) is -6.57. The minimum atomic E-state index is -5.01. The van der Waals surface area contributed by atoms with Crippen LogP contribution in [0.2, 0.25) is 0 Å². The summed E-state index contributed by atoms with van der Waals surface area (Å²) in [6, 6.07) is -0.377. The second-order valence-corrected chi connectivity index (χ2v) is 12.0. The number of rotatable bonds is 15. The normalized spacial score (nSPS) is 23.9. The minimum absolute atomic E-state index is 0.590. The standard InChI is InChI=1S/C24H37FN3O16P/c1-13(2)41-21(32)36-11-39-45(35,40-12-37-22(33)42-14(3)4)38-10-24(9-25)18(43-17(30)15(5)26)23(6,34)19(44-24)28-8-7-16(29)27-20(28)31/h7-8,13-15,18-19,34H,9-12,26H2,1-6H3,(H,27,29,31)/t15?,18-,19+,23+,24+/m0/s1. The van der Waals surface area contributed by atoms with E-state index in [9.17, 15) is 38.0 Å². The number of hydrogen-bond donors (Lipinski definition) is 3. The predicted octanol–water partition coefficient (Wildman–Crippen LogP) is 0.980. The number of phosphoric acid groups is 1. The number of phosphoric ester groups is 1. The Morgan fingerprint density at radius 1 is 1.07 bits per heavy atom. The topological polar surface area (TPSA) is 252 Å². The quantitative estimate of drug-likeness (QED) is 0.101. The number of alkyl halides is 1. The van der Waals surface area contributed by atoms with Gasteiger partial charge in [-0.25, -0.2) is 32.4 Å². The Morgan fingerprint density at radius 2 is 1.60 bits per heavy atom. The maximum Gasteiger partial charge on any atom is 0.510 e. The number of aromatic nitrogens is 2. The molecule has 1 fully saturated rings. The number of nitrogens with zero attached hydrogens (tertiary/aromatic N) is 1. The third-order valence-electron chi connectivity index (χ3n) is 5.70. The first-order valence-corrected chi connectivity index (χ1v) is 14.8. The molecule has 19 nitrogen and oxygen atoms in total. The van der Waals surface area contributed by atoms with Crippen LogP contribution in [0.15, 0.2) is 21.9 Å². The van der Waals surface area contributed by atoms with Crippen LogP contribution in [0.1, 0.15) is 47.8 Å². The highest BCUT2D eigenvalue weighted by Gasteiger charge is 2.65. The van der Waals surface area contributed by atoms with Crippen molar-refractivity contribution < 1.29 is 70.4 Å². The second-order valence-electron chi connectivity index (χ2n) is 10.4. The van der Waals surface area contributed by atoms with Gasteiger partial charge in [0, 0.05) is 12.3 Å². The van der Waals surface area contributed by atoms with E-state index in [-0.39, 0.29) is 0 Å². The molecule has 0 aromatic carbocycles. The zero-order valence-electron chi connectivity index (χ0n) is 25.3. The fourth-order valence-corrected chi connectivity index (χ4v) is 4.71. The number of carbonyl (C=O) groups is 3. The van der Waals surface area contributed by atoms with Crippen LogP contribution in [-0.4, -0.2) is 95.4 Å². The average molecular weight is 674 g/mol. The summed E-state index contributed by atoms with van der Waals surface area (Å²) < 4.78 is 74.0. The van der Waals surface area contributed by atoms with Gasteiger partial charge in [-0.05, 0) is 41.5 Å². The van der Waals surface area contributed by atoms with Crippen molar-refractivity contribution in [1.29, 1.82) is 0 Å². The number of aromatic amines is 1. The van der Waals surface area contributed by atoms with Crippen LogP contribution in [0.4, 0.5) is 14.0 Å². The fourth-order valence-electron chi connectivity index (χ4n) is 3.75. The van der Waals surface area contributed by atoms with Gasteiger partial charge in [0.1, 0.15) is 18.3 Å². The third kappa shape index (κ3) is 10.3. The zero-order chi connectivity index (χ0) is 34.2. The van der Waals surface area contributed by atoms with Crippen LogP contribution < -0.4 is 17.0 Å². The molecular weight excluding hydrogens is 636 g/mol. The average Bonchev–Trinajstić information content (AvgIpc) is 3.13. The molecule has 256 valence electrons. The summed E-state index contributed by atoms with van der Waals surface area (Å²) >= 11 is 0. The van der Waals surface area contributed by atoms with Gasteiger partial charge in [-0.1, -0.05) is 0 Å². The van der Waals surface area contributed by atoms with E-state index in [0.29, 0.717) is 4.57 Å². The van der Waals surface area contributed by atoms with Gasteiger partial charge >= 0.3 is 31.8 Å². The molecular formula is C24H37FN3O16P. The van der Waals surface area contributed by atoms with Crippen molar-refractivity contribution in [3.05, 3.63) is 33.1 Å². The number of carbonyl (C=O) groups excluding carboxylic acids is 3. The van der Waals surface area contributed by atoms with Gasteiger partial charge in [0.05, 0.1) is 18.8 Å². The first-order chi connectivity index (χ1) is 20.9. The van der Waals surface area contributed by atoms with E-state index in [1.54, 1.807) is 0 Å². The molecule has 0 aliphatic carbocycles. The Bertz CT molecular complexity index is 1320. The molecule has 4 N–H and O–H groups in total. The van der Waals surface area contributed by atoms with Crippen molar-refractivity contribution in [2.45, 2.75) is 83.3 Å². The SMILES string of the molecule is CC(C)OC(=O)OCOP(=O)(OCOC(=O)OC(C)C)OC[C@@]1(CF)O[C@@H](n2ccc(=O)[nH]c2=O)[C@](C)(O)[C@@H]1OC(=O)C(C)N. The molecule has 0 spiro atoms. The first-order valence-electron chi connectivity index (χ1n) is 13.3. The molecule has 1 aliphatic heterocycles. The van der Waals surface area contributed by atoms with E-state index < -0.39 is 106 Å².